The van der Waals surface area contributed by atoms with Crippen LogP contribution in [0, 0.1) is 0 Å². The van der Waals surface area contributed by atoms with Gasteiger partial charge in [-0.05, 0) is 18.2 Å². The number of hydrogen-bond donors (Lipinski definition) is 1. The highest BCUT2D eigenvalue weighted by Crippen LogP contribution is 2.26. The first kappa shape index (κ1) is 14.7. The van der Waals surface area contributed by atoms with E-state index in [-0.39, 0.29) is 12.2 Å². The molecule has 3 rings (SSSR count). The van der Waals surface area contributed by atoms with Crippen molar-refractivity contribution >= 4 is 23.5 Å². The molecule has 2 aromatic rings. The number of nitrogens with one attached hydrogen (secondary N) is 1. The number of thioether (sulfide) groups is 1. The van der Waals surface area contributed by atoms with Crippen LogP contribution in [0.2, 0.25) is 0 Å². The molecule has 1 N–H and O–H groups in total. The minimum absolute atomic E-state index is 0.162. The highest BCUT2D eigenvalue weighted by atomic mass is 32.2. The van der Waals surface area contributed by atoms with Crippen LogP contribution in [0.25, 0.3) is 11.5 Å². The van der Waals surface area contributed by atoms with Gasteiger partial charge in [-0.25, -0.2) is 4.79 Å². The number of cyclic esters (lactones) is 1. The molecule has 1 aliphatic rings. The lowest BCUT2D eigenvalue weighted by atomic mass is 10.2. The Hall–Kier alpha value is -2.22. The van der Waals surface area contributed by atoms with Crippen LogP contribution in [0.15, 0.2) is 33.9 Å². The van der Waals surface area contributed by atoms with Gasteiger partial charge in [-0.15, -0.1) is 10.2 Å². The first-order valence-electron chi connectivity index (χ1n) is 6.80. The summed E-state index contributed by atoms with van der Waals surface area (Å²) in [5, 5.41) is 11.2. The van der Waals surface area contributed by atoms with E-state index in [0.29, 0.717) is 23.4 Å². The number of hydrogen-bond acceptors (Lipinski definition) is 7. The standard InChI is InChI=1S/C14H16N4O3S/c1-18(2)10-5-3-4-9(6-10)12-16-17-14(21-12)22-8-11-7-15-13(19)20-11/h3-6,11H,7-8H2,1-2H3,(H,15,19). The average Bonchev–Trinajstić information content (AvgIpc) is 3.14. The number of benzene rings is 1. The molecule has 1 aromatic heterocycles. The van der Waals surface area contributed by atoms with Crippen molar-refractivity contribution in [1.82, 2.24) is 15.5 Å². The number of aromatic nitrogens is 2. The maximum Gasteiger partial charge on any atom is 0.407 e. The Bertz CT molecular complexity index is 674. The van der Waals surface area contributed by atoms with Crippen LogP contribution in [-0.4, -0.2) is 48.8 Å². The van der Waals surface area contributed by atoms with E-state index in [9.17, 15) is 4.79 Å². The number of amides is 1. The largest absolute Gasteiger partial charge is 0.443 e. The summed E-state index contributed by atoms with van der Waals surface area (Å²) in [4.78, 5) is 13.0. The zero-order chi connectivity index (χ0) is 15.5. The molecular weight excluding hydrogens is 304 g/mol. The van der Waals surface area contributed by atoms with Gasteiger partial charge < -0.3 is 19.4 Å². The Labute approximate surface area is 132 Å². The third-order valence-corrected chi connectivity index (χ3v) is 4.11. The summed E-state index contributed by atoms with van der Waals surface area (Å²) >= 11 is 1.38. The van der Waals surface area contributed by atoms with Gasteiger partial charge in [0.15, 0.2) is 0 Å². The molecule has 0 radical (unpaired) electrons. The maximum atomic E-state index is 10.9. The normalized spacial score (nSPS) is 17.2. The van der Waals surface area contributed by atoms with Gasteiger partial charge in [0.1, 0.15) is 6.10 Å². The van der Waals surface area contributed by atoms with Crippen molar-refractivity contribution in [3.8, 4) is 11.5 Å². The SMILES string of the molecule is CN(C)c1cccc(-c2nnc(SCC3CNC(=O)O3)o2)c1. The van der Waals surface area contributed by atoms with Gasteiger partial charge in [0.2, 0.25) is 5.89 Å². The number of nitrogens with zero attached hydrogens (tertiary/aromatic N) is 3. The second kappa shape index (κ2) is 6.27. The lowest BCUT2D eigenvalue weighted by Crippen LogP contribution is -2.16. The van der Waals surface area contributed by atoms with E-state index >= 15 is 0 Å². The van der Waals surface area contributed by atoms with E-state index in [2.05, 4.69) is 15.5 Å². The molecule has 1 atom stereocenters. The lowest BCUT2D eigenvalue weighted by molar-refractivity contribution is 0.150. The molecule has 7 nitrogen and oxygen atoms in total. The van der Waals surface area contributed by atoms with E-state index in [1.165, 1.54) is 11.8 Å². The molecule has 1 fully saturated rings. The fourth-order valence-electron chi connectivity index (χ4n) is 1.99. The third-order valence-electron chi connectivity index (χ3n) is 3.16. The van der Waals surface area contributed by atoms with E-state index < -0.39 is 0 Å². The molecule has 2 heterocycles. The van der Waals surface area contributed by atoms with Crippen molar-refractivity contribution in [2.45, 2.75) is 11.3 Å². The van der Waals surface area contributed by atoms with Crippen molar-refractivity contribution in [3.05, 3.63) is 24.3 Å². The molecule has 0 bridgehead atoms. The second-order valence-corrected chi connectivity index (χ2v) is 6.01. The smallest absolute Gasteiger partial charge is 0.407 e. The summed E-state index contributed by atoms with van der Waals surface area (Å²) in [6.45, 7) is 0.512. The summed E-state index contributed by atoms with van der Waals surface area (Å²) < 4.78 is 10.7. The molecular formula is C14H16N4O3S. The molecule has 1 amide bonds. The Morgan fingerprint density at radius 2 is 2.27 bits per heavy atom. The number of ether oxygens (including phenoxy) is 1. The van der Waals surface area contributed by atoms with Gasteiger partial charge in [-0.2, -0.15) is 0 Å². The van der Waals surface area contributed by atoms with E-state index in [0.717, 1.165) is 11.3 Å². The Kier molecular flexibility index (Phi) is 4.19. The first-order chi connectivity index (χ1) is 10.6. The molecule has 116 valence electrons. The second-order valence-electron chi connectivity index (χ2n) is 5.04. The topological polar surface area (TPSA) is 80.5 Å². The number of alkyl carbamates (subject to hydrolysis) is 1. The summed E-state index contributed by atoms with van der Waals surface area (Å²) in [6, 6.07) is 7.88. The Morgan fingerprint density at radius 3 is 3.00 bits per heavy atom. The molecule has 8 heteroatoms. The molecule has 0 spiro atoms. The van der Waals surface area contributed by atoms with Gasteiger partial charge in [-0.3, -0.25) is 0 Å². The summed E-state index contributed by atoms with van der Waals surface area (Å²) in [6.07, 6.45) is -0.540. The van der Waals surface area contributed by atoms with Gasteiger partial charge in [0.05, 0.1) is 6.54 Å². The fourth-order valence-corrected chi connectivity index (χ4v) is 2.74. The van der Waals surface area contributed by atoms with Crippen LogP contribution in [-0.2, 0) is 4.74 Å². The number of anilines is 1. The Morgan fingerprint density at radius 1 is 1.41 bits per heavy atom. The van der Waals surface area contributed by atoms with Gasteiger partial charge >= 0.3 is 6.09 Å². The molecule has 1 aliphatic heterocycles. The summed E-state index contributed by atoms with van der Waals surface area (Å²) in [5.74, 6) is 1.06. The maximum absolute atomic E-state index is 10.9. The van der Waals surface area contributed by atoms with E-state index in [4.69, 9.17) is 9.15 Å². The quantitative estimate of drug-likeness (QED) is 0.844. The van der Waals surface area contributed by atoms with Gasteiger partial charge in [0.25, 0.3) is 5.22 Å². The van der Waals surface area contributed by atoms with Crippen molar-refractivity contribution in [3.63, 3.8) is 0 Å². The molecule has 0 saturated carbocycles. The van der Waals surface area contributed by atoms with Crippen molar-refractivity contribution in [2.75, 3.05) is 31.3 Å². The van der Waals surface area contributed by atoms with E-state index in [1.54, 1.807) is 0 Å². The monoisotopic (exact) mass is 320 g/mol. The number of carbonyl (C=O) groups is 1. The van der Waals surface area contributed by atoms with Crippen LogP contribution in [0.5, 0.6) is 0 Å². The van der Waals surface area contributed by atoms with Gasteiger partial charge in [-0.1, -0.05) is 17.8 Å². The van der Waals surface area contributed by atoms with Crippen LogP contribution in [0.4, 0.5) is 10.5 Å². The number of rotatable bonds is 5. The lowest BCUT2D eigenvalue weighted by Gasteiger charge is -2.12. The average molecular weight is 320 g/mol. The van der Waals surface area contributed by atoms with Crippen LogP contribution in [0.3, 0.4) is 0 Å². The zero-order valence-corrected chi connectivity index (χ0v) is 13.1. The zero-order valence-electron chi connectivity index (χ0n) is 12.3. The predicted molar refractivity (Wildman–Crippen MR) is 83.1 cm³/mol. The summed E-state index contributed by atoms with van der Waals surface area (Å²) in [7, 11) is 3.95. The minimum Gasteiger partial charge on any atom is -0.443 e. The molecule has 1 unspecified atom stereocenters. The molecule has 1 aromatic carbocycles. The third kappa shape index (κ3) is 3.33. The first-order valence-corrected chi connectivity index (χ1v) is 7.79. The van der Waals surface area contributed by atoms with Crippen LogP contribution in [0.1, 0.15) is 0 Å². The highest BCUT2D eigenvalue weighted by molar-refractivity contribution is 7.99. The Balaban J connectivity index is 1.65. The predicted octanol–water partition coefficient (Wildman–Crippen LogP) is 2.00. The highest BCUT2D eigenvalue weighted by Gasteiger charge is 2.23. The van der Waals surface area contributed by atoms with Crippen LogP contribution >= 0.6 is 11.8 Å². The van der Waals surface area contributed by atoms with Crippen molar-refractivity contribution in [2.24, 2.45) is 0 Å². The molecule has 1 saturated heterocycles. The number of carbonyl (C=O) groups excluding carboxylic acids is 1. The van der Waals surface area contributed by atoms with Crippen LogP contribution < -0.4 is 10.2 Å². The molecule has 0 aliphatic carbocycles. The minimum atomic E-state index is -0.377. The van der Waals surface area contributed by atoms with E-state index in [1.807, 2.05) is 43.3 Å². The van der Waals surface area contributed by atoms with Crippen molar-refractivity contribution in [1.29, 1.82) is 0 Å². The molecule has 22 heavy (non-hydrogen) atoms. The fraction of sp³-hybridized carbons (Fsp3) is 0.357. The van der Waals surface area contributed by atoms with Crippen molar-refractivity contribution < 1.29 is 13.9 Å². The summed E-state index contributed by atoms with van der Waals surface area (Å²) in [5.41, 5.74) is 1.94. The van der Waals surface area contributed by atoms with Gasteiger partial charge in [0, 0.05) is 31.1 Å².